The summed E-state index contributed by atoms with van der Waals surface area (Å²) in [7, 11) is 0. The van der Waals surface area contributed by atoms with Gasteiger partial charge in [0.15, 0.2) is 0 Å². The largest absolute Gasteiger partial charge is 0.478 e. The minimum atomic E-state index is -1.20. The van der Waals surface area contributed by atoms with Gasteiger partial charge < -0.3 is 5.11 Å². The third-order valence-electron chi connectivity index (χ3n) is 2.36. The highest BCUT2D eigenvalue weighted by Crippen LogP contribution is 2.35. The summed E-state index contributed by atoms with van der Waals surface area (Å²) in [4.78, 5) is 24.9. The quantitative estimate of drug-likeness (QED) is 0.688. The summed E-state index contributed by atoms with van der Waals surface area (Å²) in [6, 6.07) is 4.64. The first-order valence-corrected chi connectivity index (χ1v) is 6.10. The number of rotatable bonds is 4. The van der Waals surface area contributed by atoms with E-state index in [-0.39, 0.29) is 21.0 Å². The lowest BCUT2D eigenvalue weighted by Crippen LogP contribution is -1.97. The summed E-state index contributed by atoms with van der Waals surface area (Å²) in [5, 5.41) is 19.7. The van der Waals surface area contributed by atoms with Crippen LogP contribution in [0.5, 0.6) is 0 Å². The third-order valence-corrected chi connectivity index (χ3v) is 3.45. The van der Waals surface area contributed by atoms with Crippen molar-refractivity contribution in [2.75, 3.05) is 0 Å². The van der Waals surface area contributed by atoms with Crippen LogP contribution in [0.25, 0.3) is 0 Å². The number of carboxylic acid groups (broad SMARTS) is 1. The van der Waals surface area contributed by atoms with E-state index < -0.39 is 16.7 Å². The average Bonchev–Trinajstić information content (AvgIpc) is 2.41. The van der Waals surface area contributed by atoms with Crippen molar-refractivity contribution < 1.29 is 19.2 Å². The fourth-order valence-corrected chi connectivity index (χ4v) is 2.38. The zero-order chi connectivity index (χ0) is 14.7. The molecule has 0 bridgehead atoms. The molecular weight excluding hydrogens is 287 g/mol. The van der Waals surface area contributed by atoms with Gasteiger partial charge >= 0.3 is 11.7 Å². The Bertz CT molecular complexity index is 693. The minimum Gasteiger partial charge on any atom is -0.478 e. The minimum absolute atomic E-state index is 0.000741. The summed E-state index contributed by atoms with van der Waals surface area (Å²) in [6.07, 6.45) is 2.40. The number of carbonyl (C=O) groups is 1. The summed E-state index contributed by atoms with van der Waals surface area (Å²) < 4.78 is 13.7. The lowest BCUT2D eigenvalue weighted by atomic mass is 10.2. The van der Waals surface area contributed by atoms with Crippen molar-refractivity contribution in [1.29, 1.82) is 0 Å². The maximum absolute atomic E-state index is 13.7. The first-order chi connectivity index (χ1) is 9.49. The lowest BCUT2D eigenvalue weighted by molar-refractivity contribution is -0.388. The molecule has 1 aromatic carbocycles. The number of halogens is 1. The Kier molecular flexibility index (Phi) is 3.94. The second kappa shape index (κ2) is 5.66. The molecule has 1 aromatic heterocycles. The molecule has 0 aliphatic heterocycles. The maximum atomic E-state index is 13.7. The Morgan fingerprint density at radius 1 is 1.35 bits per heavy atom. The molecule has 1 N–H and O–H groups in total. The number of nitro groups is 1. The zero-order valence-electron chi connectivity index (χ0n) is 9.82. The predicted octanol–water partition coefficient (Wildman–Crippen LogP) is 2.98. The molecule has 0 amide bonds. The predicted molar refractivity (Wildman–Crippen MR) is 68.4 cm³/mol. The number of carboxylic acids is 1. The number of pyridine rings is 1. The molecular formula is C12H7FN2O4S. The molecule has 0 saturated carbocycles. The summed E-state index contributed by atoms with van der Waals surface area (Å²) in [6.45, 7) is 0. The van der Waals surface area contributed by atoms with Gasteiger partial charge in [-0.2, -0.15) is 0 Å². The smallest absolute Gasteiger partial charge is 0.335 e. The molecule has 0 atom stereocenters. The van der Waals surface area contributed by atoms with E-state index in [0.29, 0.717) is 0 Å². The van der Waals surface area contributed by atoms with Crippen molar-refractivity contribution in [2.24, 2.45) is 0 Å². The van der Waals surface area contributed by atoms with E-state index in [1.807, 2.05) is 0 Å². The SMILES string of the molecule is O=C(O)c1ccc(F)c(Sc2ccncc2[N+](=O)[O-])c1. The highest BCUT2D eigenvalue weighted by atomic mass is 32.2. The van der Waals surface area contributed by atoms with Crippen molar-refractivity contribution in [3.63, 3.8) is 0 Å². The molecule has 0 aliphatic rings. The second-order valence-electron chi connectivity index (χ2n) is 3.65. The molecule has 0 radical (unpaired) electrons. The highest BCUT2D eigenvalue weighted by Gasteiger charge is 2.17. The van der Waals surface area contributed by atoms with Gasteiger partial charge in [0, 0.05) is 11.1 Å². The lowest BCUT2D eigenvalue weighted by Gasteiger charge is -2.05. The van der Waals surface area contributed by atoms with Gasteiger partial charge in [0.1, 0.15) is 12.0 Å². The number of nitrogens with zero attached hydrogens (tertiary/aromatic N) is 2. The topological polar surface area (TPSA) is 93.3 Å². The molecule has 102 valence electrons. The van der Waals surface area contributed by atoms with Crippen molar-refractivity contribution in [2.45, 2.75) is 9.79 Å². The molecule has 20 heavy (non-hydrogen) atoms. The van der Waals surface area contributed by atoms with Gasteiger partial charge in [-0.3, -0.25) is 15.1 Å². The number of aromatic nitrogens is 1. The molecule has 0 aliphatic carbocycles. The van der Waals surface area contributed by atoms with Gasteiger partial charge in [0.25, 0.3) is 0 Å². The van der Waals surface area contributed by atoms with E-state index in [2.05, 4.69) is 4.98 Å². The van der Waals surface area contributed by atoms with Crippen LogP contribution in [0.3, 0.4) is 0 Å². The van der Waals surface area contributed by atoms with Crippen molar-refractivity contribution in [3.05, 3.63) is 58.2 Å². The first-order valence-electron chi connectivity index (χ1n) is 5.28. The molecule has 0 fully saturated rings. The Morgan fingerprint density at radius 3 is 2.75 bits per heavy atom. The molecule has 0 spiro atoms. The number of aromatic carboxylic acids is 1. The second-order valence-corrected chi connectivity index (χ2v) is 4.74. The van der Waals surface area contributed by atoms with Crippen LogP contribution in [0, 0.1) is 15.9 Å². The van der Waals surface area contributed by atoms with Gasteiger partial charge in [-0.05, 0) is 24.3 Å². The van der Waals surface area contributed by atoms with Crippen molar-refractivity contribution in [1.82, 2.24) is 4.98 Å². The van der Waals surface area contributed by atoms with E-state index in [1.165, 1.54) is 12.3 Å². The van der Waals surface area contributed by atoms with Gasteiger partial charge in [0.2, 0.25) is 0 Å². The molecule has 0 unspecified atom stereocenters. The van der Waals surface area contributed by atoms with Gasteiger partial charge in [-0.1, -0.05) is 11.8 Å². The Morgan fingerprint density at radius 2 is 2.10 bits per heavy atom. The van der Waals surface area contributed by atoms with Crippen LogP contribution in [-0.4, -0.2) is 21.0 Å². The zero-order valence-corrected chi connectivity index (χ0v) is 10.6. The Balaban J connectivity index is 2.42. The van der Waals surface area contributed by atoms with Gasteiger partial charge in [-0.25, -0.2) is 9.18 Å². The number of benzene rings is 1. The van der Waals surface area contributed by atoms with Crippen LogP contribution in [0.15, 0.2) is 46.5 Å². The van der Waals surface area contributed by atoms with E-state index in [9.17, 15) is 19.3 Å². The Hall–Kier alpha value is -2.48. The van der Waals surface area contributed by atoms with Crippen molar-refractivity contribution >= 4 is 23.4 Å². The molecule has 0 saturated heterocycles. The van der Waals surface area contributed by atoms with Gasteiger partial charge in [0.05, 0.1) is 15.4 Å². The third kappa shape index (κ3) is 2.91. The molecule has 1 heterocycles. The van der Waals surface area contributed by atoms with Crippen molar-refractivity contribution in [3.8, 4) is 0 Å². The normalized spacial score (nSPS) is 10.2. The average molecular weight is 294 g/mol. The molecule has 8 heteroatoms. The monoisotopic (exact) mass is 294 g/mol. The standard InChI is InChI=1S/C12H7FN2O4S/c13-8-2-1-7(12(16)17)5-11(8)20-10-3-4-14-6-9(10)15(18)19/h1-6H,(H,16,17). The fourth-order valence-electron chi connectivity index (χ4n) is 1.43. The molecule has 6 nitrogen and oxygen atoms in total. The number of hydrogen-bond donors (Lipinski definition) is 1. The van der Waals surface area contributed by atoms with Crippen LogP contribution < -0.4 is 0 Å². The highest BCUT2D eigenvalue weighted by molar-refractivity contribution is 7.99. The van der Waals surface area contributed by atoms with Crippen LogP contribution in [0.2, 0.25) is 0 Å². The van der Waals surface area contributed by atoms with Crippen LogP contribution >= 0.6 is 11.8 Å². The summed E-state index contributed by atoms with van der Waals surface area (Å²) >= 11 is 0.781. The first kappa shape index (κ1) is 13.9. The van der Waals surface area contributed by atoms with E-state index in [0.717, 1.165) is 36.2 Å². The van der Waals surface area contributed by atoms with Gasteiger partial charge in [-0.15, -0.1) is 0 Å². The van der Waals surface area contributed by atoms with Crippen LogP contribution in [-0.2, 0) is 0 Å². The van der Waals surface area contributed by atoms with E-state index >= 15 is 0 Å². The van der Waals surface area contributed by atoms with E-state index in [1.54, 1.807) is 0 Å². The van der Waals surface area contributed by atoms with Crippen LogP contribution in [0.1, 0.15) is 10.4 Å². The molecule has 2 rings (SSSR count). The summed E-state index contributed by atoms with van der Waals surface area (Å²) in [5.74, 6) is -1.85. The number of hydrogen-bond acceptors (Lipinski definition) is 5. The van der Waals surface area contributed by atoms with Crippen LogP contribution in [0.4, 0.5) is 10.1 Å². The maximum Gasteiger partial charge on any atom is 0.335 e. The Labute approximate surface area is 116 Å². The summed E-state index contributed by atoms with van der Waals surface area (Å²) in [5.41, 5.74) is -0.358. The van der Waals surface area contributed by atoms with E-state index in [4.69, 9.17) is 5.11 Å². The fraction of sp³-hybridized carbons (Fsp3) is 0. The molecule has 2 aromatic rings.